The minimum atomic E-state index is -0.116. The van der Waals surface area contributed by atoms with Crippen molar-refractivity contribution in [2.75, 3.05) is 0 Å². The molecule has 1 aliphatic carbocycles. The highest BCUT2D eigenvalue weighted by Gasteiger charge is 2.34. The number of carbonyl (C=O) groups excluding carboxylic acids is 1. The lowest BCUT2D eigenvalue weighted by molar-refractivity contribution is 0.0749. The molecule has 1 heteroatoms. The third-order valence-electron chi connectivity index (χ3n) is 4.34. The first-order chi connectivity index (χ1) is 9.01. The van der Waals surface area contributed by atoms with Gasteiger partial charge in [0.15, 0.2) is 5.78 Å². The summed E-state index contributed by atoms with van der Waals surface area (Å²) in [4.78, 5) is 12.8. The molecule has 0 atom stereocenters. The molecule has 1 saturated carbocycles. The summed E-state index contributed by atoms with van der Waals surface area (Å²) in [6, 6.07) is 8.28. The molecule has 0 spiro atoms. The van der Waals surface area contributed by atoms with Crippen molar-refractivity contribution in [3.8, 4) is 0 Å². The summed E-state index contributed by atoms with van der Waals surface area (Å²) in [5.41, 5.74) is 2.09. The molecule has 1 aromatic rings. The zero-order valence-corrected chi connectivity index (χ0v) is 12.5. The molecule has 1 nitrogen and oxygen atoms in total. The fourth-order valence-electron chi connectivity index (χ4n) is 3.22. The lowest BCUT2D eigenvalue weighted by atomic mass is 9.71. The molecule has 0 heterocycles. The Labute approximate surface area is 117 Å². The van der Waals surface area contributed by atoms with Gasteiger partial charge in [0, 0.05) is 11.0 Å². The number of ketones is 1. The number of rotatable bonds is 4. The van der Waals surface area contributed by atoms with Crippen LogP contribution in [-0.2, 0) is 6.42 Å². The summed E-state index contributed by atoms with van der Waals surface area (Å²) in [7, 11) is 0. The number of hydrogen-bond donors (Lipinski definition) is 0. The third kappa shape index (κ3) is 3.46. The number of benzene rings is 1. The highest BCUT2D eigenvalue weighted by Crippen LogP contribution is 2.38. The van der Waals surface area contributed by atoms with Crippen molar-refractivity contribution in [1.82, 2.24) is 0 Å². The van der Waals surface area contributed by atoms with Crippen molar-refractivity contribution in [2.45, 2.75) is 59.3 Å². The van der Waals surface area contributed by atoms with Crippen LogP contribution in [0.15, 0.2) is 24.3 Å². The highest BCUT2D eigenvalue weighted by molar-refractivity contribution is 6.00. The first-order valence-corrected chi connectivity index (χ1v) is 7.65. The van der Waals surface area contributed by atoms with Crippen molar-refractivity contribution in [3.63, 3.8) is 0 Å². The predicted octanol–water partition coefficient (Wildman–Crippen LogP) is 5.04. The van der Waals surface area contributed by atoms with E-state index in [0.29, 0.717) is 11.7 Å². The van der Waals surface area contributed by atoms with E-state index in [9.17, 15) is 4.79 Å². The van der Waals surface area contributed by atoms with Crippen LogP contribution in [0, 0.1) is 11.3 Å². The highest BCUT2D eigenvalue weighted by atomic mass is 16.1. The molecule has 104 valence electrons. The topological polar surface area (TPSA) is 17.1 Å². The first kappa shape index (κ1) is 14.3. The standard InChI is InChI=1S/C18H26O/c1-14(2)12-15-8-7-9-16(13-15)17(19)18(3)10-5-4-6-11-18/h7-9,13-14H,4-6,10-12H2,1-3H3. The molecule has 0 amide bonds. The van der Waals surface area contributed by atoms with Crippen LogP contribution in [0.1, 0.15) is 68.8 Å². The smallest absolute Gasteiger partial charge is 0.168 e. The van der Waals surface area contributed by atoms with Gasteiger partial charge in [0.2, 0.25) is 0 Å². The van der Waals surface area contributed by atoms with E-state index in [1.54, 1.807) is 0 Å². The molecule has 1 fully saturated rings. The molecule has 1 aromatic carbocycles. The Morgan fingerprint density at radius 1 is 1.21 bits per heavy atom. The Bertz CT molecular complexity index is 439. The maximum atomic E-state index is 12.8. The molecular weight excluding hydrogens is 232 g/mol. The van der Waals surface area contributed by atoms with Crippen LogP contribution < -0.4 is 0 Å². The minimum Gasteiger partial charge on any atom is -0.294 e. The lowest BCUT2D eigenvalue weighted by Gasteiger charge is -2.32. The van der Waals surface area contributed by atoms with Gasteiger partial charge in [0.1, 0.15) is 0 Å². The van der Waals surface area contributed by atoms with Crippen molar-refractivity contribution >= 4 is 5.78 Å². The summed E-state index contributed by atoms with van der Waals surface area (Å²) in [5.74, 6) is 0.994. The van der Waals surface area contributed by atoms with Crippen molar-refractivity contribution in [1.29, 1.82) is 0 Å². The number of Topliss-reactive ketones (excluding diaryl/α,β-unsaturated/α-hetero) is 1. The Morgan fingerprint density at radius 3 is 2.53 bits per heavy atom. The van der Waals surface area contributed by atoms with Crippen LogP contribution in [0.4, 0.5) is 0 Å². The van der Waals surface area contributed by atoms with Crippen molar-refractivity contribution in [3.05, 3.63) is 35.4 Å². The van der Waals surface area contributed by atoms with Gasteiger partial charge in [-0.2, -0.15) is 0 Å². The van der Waals surface area contributed by atoms with E-state index in [-0.39, 0.29) is 5.41 Å². The van der Waals surface area contributed by atoms with E-state index < -0.39 is 0 Å². The van der Waals surface area contributed by atoms with Gasteiger partial charge >= 0.3 is 0 Å². The molecule has 1 aliphatic rings. The third-order valence-corrected chi connectivity index (χ3v) is 4.34. The molecule has 0 bridgehead atoms. The first-order valence-electron chi connectivity index (χ1n) is 7.65. The maximum absolute atomic E-state index is 12.8. The zero-order chi connectivity index (χ0) is 13.9. The second-order valence-electron chi connectivity index (χ2n) is 6.75. The second kappa shape index (κ2) is 5.90. The number of hydrogen-bond acceptors (Lipinski definition) is 1. The quantitative estimate of drug-likeness (QED) is 0.692. The van der Waals surface area contributed by atoms with Crippen LogP contribution in [0.25, 0.3) is 0 Å². The SMILES string of the molecule is CC(C)Cc1cccc(C(=O)C2(C)CCCCC2)c1. The largest absolute Gasteiger partial charge is 0.294 e. The van der Waals surface area contributed by atoms with Crippen molar-refractivity contribution < 1.29 is 4.79 Å². The van der Waals surface area contributed by atoms with Gasteiger partial charge in [-0.25, -0.2) is 0 Å². The second-order valence-corrected chi connectivity index (χ2v) is 6.75. The number of carbonyl (C=O) groups is 1. The average molecular weight is 258 g/mol. The lowest BCUT2D eigenvalue weighted by Crippen LogP contribution is -2.30. The summed E-state index contributed by atoms with van der Waals surface area (Å²) >= 11 is 0. The molecule has 0 aliphatic heterocycles. The monoisotopic (exact) mass is 258 g/mol. The normalized spacial score (nSPS) is 18.5. The van der Waals surface area contributed by atoms with Gasteiger partial charge in [-0.15, -0.1) is 0 Å². The minimum absolute atomic E-state index is 0.116. The van der Waals surface area contributed by atoms with E-state index in [1.165, 1.54) is 24.8 Å². The van der Waals surface area contributed by atoms with Crippen LogP contribution in [0.3, 0.4) is 0 Å². The fraction of sp³-hybridized carbons (Fsp3) is 0.611. The summed E-state index contributed by atoms with van der Waals surface area (Å²) < 4.78 is 0. The van der Waals surface area contributed by atoms with Crippen LogP contribution in [-0.4, -0.2) is 5.78 Å². The van der Waals surface area contributed by atoms with Gasteiger partial charge in [0.25, 0.3) is 0 Å². The van der Waals surface area contributed by atoms with Crippen LogP contribution in [0.2, 0.25) is 0 Å². The Morgan fingerprint density at radius 2 is 1.89 bits per heavy atom. The van der Waals surface area contributed by atoms with Gasteiger partial charge < -0.3 is 0 Å². The Hall–Kier alpha value is -1.11. The zero-order valence-electron chi connectivity index (χ0n) is 12.5. The molecular formula is C18H26O. The molecule has 0 radical (unpaired) electrons. The van der Waals surface area contributed by atoms with Crippen LogP contribution in [0.5, 0.6) is 0 Å². The molecule has 0 unspecified atom stereocenters. The summed E-state index contributed by atoms with van der Waals surface area (Å²) in [6.45, 7) is 6.59. The summed E-state index contributed by atoms with van der Waals surface area (Å²) in [5, 5.41) is 0. The van der Waals surface area contributed by atoms with Gasteiger partial charge in [-0.3, -0.25) is 4.79 Å². The van der Waals surface area contributed by atoms with Gasteiger partial charge in [-0.05, 0) is 36.8 Å². The predicted molar refractivity (Wildman–Crippen MR) is 80.5 cm³/mol. The van der Waals surface area contributed by atoms with Gasteiger partial charge in [-0.1, -0.05) is 58.2 Å². The van der Waals surface area contributed by atoms with E-state index in [1.807, 2.05) is 12.1 Å². The Balaban J connectivity index is 2.18. The van der Waals surface area contributed by atoms with E-state index >= 15 is 0 Å². The molecule has 0 N–H and O–H groups in total. The van der Waals surface area contributed by atoms with Gasteiger partial charge in [0.05, 0.1) is 0 Å². The molecule has 0 aromatic heterocycles. The molecule has 19 heavy (non-hydrogen) atoms. The van der Waals surface area contributed by atoms with E-state index in [2.05, 4.69) is 32.9 Å². The maximum Gasteiger partial charge on any atom is 0.168 e. The van der Waals surface area contributed by atoms with E-state index in [4.69, 9.17) is 0 Å². The van der Waals surface area contributed by atoms with Crippen LogP contribution >= 0.6 is 0 Å². The van der Waals surface area contributed by atoms with E-state index in [0.717, 1.165) is 24.8 Å². The average Bonchev–Trinajstić information content (AvgIpc) is 2.38. The fourth-order valence-corrected chi connectivity index (χ4v) is 3.22. The Kier molecular flexibility index (Phi) is 4.44. The molecule has 2 rings (SSSR count). The molecule has 0 saturated heterocycles. The van der Waals surface area contributed by atoms with Crippen molar-refractivity contribution in [2.24, 2.45) is 11.3 Å². The summed E-state index contributed by atoms with van der Waals surface area (Å²) in [6.07, 6.45) is 6.86.